The van der Waals surface area contributed by atoms with Gasteiger partial charge in [0.1, 0.15) is 5.92 Å². The van der Waals surface area contributed by atoms with Gasteiger partial charge in [0.05, 0.1) is 33.9 Å². The van der Waals surface area contributed by atoms with Crippen LogP contribution in [0.3, 0.4) is 0 Å². The molecule has 0 bridgehead atoms. The predicted molar refractivity (Wildman–Crippen MR) is 162 cm³/mol. The highest BCUT2D eigenvalue weighted by molar-refractivity contribution is 7.92. The number of carbonyl (C=O) groups is 4. The van der Waals surface area contributed by atoms with E-state index in [0.717, 1.165) is 15.8 Å². The number of hydrazone groups is 1. The zero-order valence-electron chi connectivity index (χ0n) is 22.6. The molecule has 4 aromatic carbocycles. The molecule has 12 heteroatoms. The zero-order valence-corrected chi connectivity index (χ0v) is 23.4. The Balaban J connectivity index is 1.20. The Hall–Kier alpha value is -5.75. The van der Waals surface area contributed by atoms with E-state index in [2.05, 4.69) is 14.8 Å². The first-order valence-corrected chi connectivity index (χ1v) is 14.9. The first-order valence-electron chi connectivity index (χ1n) is 13.4. The lowest BCUT2D eigenvalue weighted by Gasteiger charge is -2.14. The third kappa shape index (κ3) is 4.39. The number of sulfonamides is 1. The van der Waals surface area contributed by atoms with E-state index >= 15 is 0 Å². The van der Waals surface area contributed by atoms with Gasteiger partial charge in [0.25, 0.3) is 15.9 Å². The topological polar surface area (TPSA) is 163 Å². The Morgan fingerprint density at radius 1 is 0.818 bits per heavy atom. The van der Waals surface area contributed by atoms with Gasteiger partial charge in [0.15, 0.2) is 17.3 Å². The predicted octanol–water partition coefficient (Wildman–Crippen LogP) is 4.53. The Morgan fingerprint density at radius 3 is 2.07 bits per heavy atom. The molecule has 0 saturated carbocycles. The van der Waals surface area contributed by atoms with Crippen LogP contribution in [0.15, 0.2) is 101 Å². The highest BCUT2D eigenvalue weighted by atomic mass is 32.2. The Bertz CT molecular complexity index is 2190. The quantitative estimate of drug-likeness (QED) is 0.267. The number of amides is 1. The van der Waals surface area contributed by atoms with Crippen molar-refractivity contribution in [2.75, 3.05) is 9.73 Å². The summed E-state index contributed by atoms with van der Waals surface area (Å²) in [4.78, 5) is 54.7. The molecule has 1 aromatic heterocycles. The van der Waals surface area contributed by atoms with Crippen molar-refractivity contribution in [2.24, 2.45) is 5.10 Å². The Kier molecular flexibility index (Phi) is 6.11. The minimum Gasteiger partial charge on any atom is -0.477 e. The number of carboxylic acid groups (broad SMARTS) is 1. The van der Waals surface area contributed by atoms with E-state index < -0.39 is 27.8 Å². The molecule has 2 N–H and O–H groups in total. The van der Waals surface area contributed by atoms with Crippen LogP contribution in [-0.2, 0) is 19.6 Å². The molecule has 44 heavy (non-hydrogen) atoms. The lowest BCUT2D eigenvalue weighted by atomic mass is 9.98. The highest BCUT2D eigenvalue weighted by Crippen LogP contribution is 2.37. The van der Waals surface area contributed by atoms with E-state index in [1.165, 1.54) is 30.3 Å². The van der Waals surface area contributed by atoms with Crippen LogP contribution in [0.25, 0.3) is 21.7 Å². The van der Waals surface area contributed by atoms with Crippen molar-refractivity contribution in [3.63, 3.8) is 0 Å². The van der Waals surface area contributed by atoms with E-state index in [1.807, 2.05) is 24.3 Å². The van der Waals surface area contributed by atoms with E-state index in [9.17, 15) is 27.6 Å². The summed E-state index contributed by atoms with van der Waals surface area (Å²) >= 11 is 0. The average molecular weight is 605 g/mol. The minimum atomic E-state index is -4.16. The number of nitrogens with zero attached hydrogens (tertiary/aromatic N) is 3. The number of aliphatic carboxylic acids is 1. The third-order valence-electron chi connectivity index (χ3n) is 7.64. The molecule has 0 radical (unpaired) electrons. The van der Waals surface area contributed by atoms with Gasteiger partial charge in [0, 0.05) is 16.5 Å². The van der Waals surface area contributed by atoms with Gasteiger partial charge < -0.3 is 5.11 Å². The van der Waals surface area contributed by atoms with Crippen molar-refractivity contribution >= 4 is 72.2 Å². The molecule has 5 aromatic rings. The molecule has 2 aliphatic rings. The van der Waals surface area contributed by atoms with Crippen molar-refractivity contribution in [3.8, 4) is 0 Å². The van der Waals surface area contributed by atoms with Gasteiger partial charge in [-0.15, -0.1) is 0 Å². The summed E-state index contributed by atoms with van der Waals surface area (Å²) < 4.78 is 29.2. The lowest BCUT2D eigenvalue weighted by molar-refractivity contribution is -0.129. The Labute approximate surface area is 249 Å². The molecular formula is C32H20N4O7S. The Morgan fingerprint density at radius 2 is 1.45 bits per heavy atom. The van der Waals surface area contributed by atoms with Crippen LogP contribution < -0.4 is 9.73 Å². The van der Waals surface area contributed by atoms with E-state index in [4.69, 9.17) is 5.11 Å². The van der Waals surface area contributed by atoms with Crippen molar-refractivity contribution in [1.82, 2.24) is 4.98 Å². The number of nitrogens with one attached hydrogen (secondary N) is 1. The number of Topliss-reactive ketones (excluding diaryl/α,β-unsaturated/α-hetero) is 2. The monoisotopic (exact) mass is 604 g/mol. The molecule has 1 aliphatic carbocycles. The smallest absolute Gasteiger partial charge is 0.352 e. The number of hydrogen-bond donors (Lipinski definition) is 2. The molecule has 0 saturated heterocycles. The maximum absolute atomic E-state index is 13.4. The van der Waals surface area contributed by atoms with Crippen LogP contribution in [0.1, 0.15) is 38.7 Å². The second-order valence-corrected chi connectivity index (χ2v) is 12.0. The van der Waals surface area contributed by atoms with Crippen molar-refractivity contribution in [2.45, 2.75) is 17.2 Å². The molecule has 0 spiro atoms. The molecule has 1 aliphatic heterocycles. The maximum atomic E-state index is 13.4. The first kappa shape index (κ1) is 27.1. The molecule has 11 nitrogen and oxygen atoms in total. The van der Waals surface area contributed by atoms with Gasteiger partial charge in [-0.05, 0) is 59.3 Å². The van der Waals surface area contributed by atoms with Crippen LogP contribution in [-0.4, -0.2) is 47.7 Å². The summed E-state index contributed by atoms with van der Waals surface area (Å²) in [7, 11) is -4.16. The number of anilines is 2. The van der Waals surface area contributed by atoms with Crippen LogP contribution in [0, 0.1) is 0 Å². The molecule has 0 fully saturated rings. The number of aromatic nitrogens is 1. The van der Waals surface area contributed by atoms with Gasteiger partial charge in [-0.2, -0.15) is 10.1 Å². The molecule has 2 heterocycles. The molecule has 0 atom stereocenters. The van der Waals surface area contributed by atoms with Gasteiger partial charge in [-0.1, -0.05) is 42.5 Å². The summed E-state index contributed by atoms with van der Waals surface area (Å²) in [5.41, 5.74) is 1.17. The minimum absolute atomic E-state index is 0.132. The molecule has 216 valence electrons. The molecule has 0 unspecified atom stereocenters. The maximum Gasteiger partial charge on any atom is 0.352 e. The van der Waals surface area contributed by atoms with Crippen LogP contribution in [0.2, 0.25) is 0 Å². The van der Waals surface area contributed by atoms with Crippen molar-refractivity contribution < 1.29 is 32.7 Å². The van der Waals surface area contributed by atoms with Gasteiger partial charge in [-0.25, -0.2) is 18.2 Å². The number of ketones is 2. The van der Waals surface area contributed by atoms with E-state index in [-0.39, 0.29) is 51.2 Å². The number of benzene rings is 4. The fourth-order valence-electron chi connectivity index (χ4n) is 5.47. The number of carboxylic acids is 1. The fraction of sp³-hybridized carbons (Fsp3) is 0.0625. The summed E-state index contributed by atoms with van der Waals surface area (Å²) in [6.07, 6.45) is -0.367. The standard InChI is InChI=1S/C32H20N4O7S/c37-27-16-26(32(40)41)34-36(27)20-9-11-21(12-10-20)44(42,43)35-25-7-3-6-17-8-13-24(33-29(17)25)28-30(38)22-14-18-4-1-2-5-19(18)15-23(22)31(28)39/h1-15,28,35H,16H2,(H,40,41). The average Bonchev–Trinajstić information content (AvgIpc) is 3.52. The zero-order chi connectivity index (χ0) is 30.7. The second kappa shape index (κ2) is 9.92. The lowest BCUT2D eigenvalue weighted by Crippen LogP contribution is -2.20. The highest BCUT2D eigenvalue weighted by Gasteiger charge is 2.41. The summed E-state index contributed by atoms with van der Waals surface area (Å²) in [5.74, 6) is -3.74. The van der Waals surface area contributed by atoms with E-state index in [1.54, 1.807) is 36.4 Å². The number of para-hydroxylation sites is 1. The third-order valence-corrected chi connectivity index (χ3v) is 9.02. The number of fused-ring (bicyclic) bond motifs is 3. The summed E-state index contributed by atoms with van der Waals surface area (Å²) in [5, 5.41) is 16.1. The first-order chi connectivity index (χ1) is 21.1. The van der Waals surface area contributed by atoms with Gasteiger partial charge >= 0.3 is 5.97 Å². The largest absolute Gasteiger partial charge is 0.477 e. The van der Waals surface area contributed by atoms with Crippen molar-refractivity contribution in [3.05, 3.63) is 108 Å². The molecular weight excluding hydrogens is 584 g/mol. The van der Waals surface area contributed by atoms with Crippen LogP contribution in [0.4, 0.5) is 11.4 Å². The van der Waals surface area contributed by atoms with Crippen LogP contribution >= 0.6 is 0 Å². The molecule has 7 rings (SSSR count). The number of rotatable bonds is 6. The van der Waals surface area contributed by atoms with Crippen molar-refractivity contribution in [1.29, 1.82) is 0 Å². The summed E-state index contributed by atoms with van der Waals surface area (Å²) in [6, 6.07) is 24.3. The van der Waals surface area contributed by atoms with Gasteiger partial charge in [-0.3, -0.25) is 19.1 Å². The normalized spacial score (nSPS) is 15.2. The second-order valence-electron chi connectivity index (χ2n) is 10.4. The SMILES string of the molecule is O=C(O)C1=NN(c2ccc(S(=O)(=O)Nc3cccc4ccc(C5C(=O)c6cc7ccccc7cc6C5=O)nc34)cc2)C(=O)C1. The van der Waals surface area contributed by atoms with Gasteiger partial charge in [0.2, 0.25) is 0 Å². The summed E-state index contributed by atoms with van der Waals surface area (Å²) in [6.45, 7) is 0. The van der Waals surface area contributed by atoms with Crippen LogP contribution in [0.5, 0.6) is 0 Å². The van der Waals surface area contributed by atoms with E-state index in [0.29, 0.717) is 16.5 Å². The molecule has 1 amide bonds. The number of carbonyl (C=O) groups excluding carboxylic acids is 3. The fourth-order valence-corrected chi connectivity index (χ4v) is 6.54. The number of hydrogen-bond acceptors (Lipinski definition) is 8. The number of pyridine rings is 1.